The number of rotatable bonds is 1. The van der Waals surface area contributed by atoms with Gasteiger partial charge in [0.2, 0.25) is 0 Å². The van der Waals surface area contributed by atoms with E-state index in [9.17, 15) is 0 Å². The Hall–Kier alpha value is -0.0800. The van der Waals surface area contributed by atoms with Crippen LogP contribution in [0.15, 0.2) is 0 Å². The van der Waals surface area contributed by atoms with E-state index in [2.05, 4.69) is 23.8 Å². The predicted molar refractivity (Wildman–Crippen MR) is 67.2 cm³/mol. The van der Waals surface area contributed by atoms with E-state index in [0.717, 1.165) is 12.0 Å². The summed E-state index contributed by atoms with van der Waals surface area (Å²) in [7, 11) is 2.24. The first-order valence-corrected chi connectivity index (χ1v) is 6.68. The Bertz CT molecular complexity index is 162. The molecule has 2 heteroatoms. The molecule has 0 bridgehead atoms. The second-order valence-electron chi connectivity index (χ2n) is 4.92. The Kier molecular flexibility index (Phi) is 5.62. The van der Waals surface area contributed by atoms with Gasteiger partial charge >= 0.3 is 0 Å². The van der Waals surface area contributed by atoms with E-state index in [4.69, 9.17) is 0 Å². The molecule has 2 heterocycles. The molecular formula is C13H28N2. The van der Waals surface area contributed by atoms with Crippen molar-refractivity contribution in [1.82, 2.24) is 9.80 Å². The van der Waals surface area contributed by atoms with Gasteiger partial charge in [-0.2, -0.15) is 0 Å². The first-order valence-electron chi connectivity index (χ1n) is 6.68. The van der Waals surface area contributed by atoms with Crippen molar-refractivity contribution in [3.05, 3.63) is 0 Å². The zero-order valence-corrected chi connectivity index (χ0v) is 11.0. The van der Waals surface area contributed by atoms with Gasteiger partial charge in [-0.15, -0.1) is 0 Å². The summed E-state index contributed by atoms with van der Waals surface area (Å²) >= 11 is 0. The molecule has 0 saturated carbocycles. The van der Waals surface area contributed by atoms with E-state index >= 15 is 0 Å². The highest BCUT2D eigenvalue weighted by atomic mass is 15.2. The fraction of sp³-hybridized carbons (Fsp3) is 1.00. The van der Waals surface area contributed by atoms with Crippen LogP contribution in [-0.4, -0.2) is 49.1 Å². The fourth-order valence-electron chi connectivity index (χ4n) is 2.60. The molecule has 0 N–H and O–H groups in total. The van der Waals surface area contributed by atoms with E-state index in [1.54, 1.807) is 0 Å². The first kappa shape index (κ1) is 13.0. The topological polar surface area (TPSA) is 6.48 Å². The lowest BCUT2D eigenvalue weighted by molar-refractivity contribution is 0.140. The quantitative estimate of drug-likeness (QED) is 0.659. The van der Waals surface area contributed by atoms with E-state index in [1.807, 2.05) is 13.8 Å². The summed E-state index contributed by atoms with van der Waals surface area (Å²) in [5, 5.41) is 0. The van der Waals surface area contributed by atoms with Crippen LogP contribution in [0.25, 0.3) is 0 Å². The number of hydrogen-bond donors (Lipinski definition) is 0. The third kappa shape index (κ3) is 3.76. The van der Waals surface area contributed by atoms with Crippen molar-refractivity contribution >= 4 is 0 Å². The Morgan fingerprint density at radius 3 is 2.00 bits per heavy atom. The molecule has 0 amide bonds. The van der Waals surface area contributed by atoms with Gasteiger partial charge in [-0.1, -0.05) is 20.8 Å². The maximum Gasteiger partial charge on any atom is 0.0235 e. The standard InChI is InChI=1S/C11H22N2.C2H6/c1-10-3-7-13(8-4-10)11-5-6-12(2)9-11;1-2/h10-11H,3-9H2,1-2H3;1-2H3. The third-order valence-corrected chi connectivity index (χ3v) is 3.70. The molecule has 0 aromatic carbocycles. The predicted octanol–water partition coefficient (Wildman–Crippen LogP) is 2.45. The Morgan fingerprint density at radius 1 is 0.933 bits per heavy atom. The van der Waals surface area contributed by atoms with Crippen LogP contribution in [0.5, 0.6) is 0 Å². The van der Waals surface area contributed by atoms with Crippen molar-refractivity contribution in [1.29, 1.82) is 0 Å². The van der Waals surface area contributed by atoms with Gasteiger partial charge in [0.25, 0.3) is 0 Å². The molecule has 1 unspecified atom stereocenters. The van der Waals surface area contributed by atoms with E-state index in [0.29, 0.717) is 0 Å². The van der Waals surface area contributed by atoms with Crippen LogP contribution in [-0.2, 0) is 0 Å². The van der Waals surface area contributed by atoms with E-state index in [-0.39, 0.29) is 0 Å². The summed E-state index contributed by atoms with van der Waals surface area (Å²) in [5.74, 6) is 0.968. The number of piperidine rings is 1. The Balaban J connectivity index is 0.000000531. The maximum absolute atomic E-state index is 2.71. The second-order valence-corrected chi connectivity index (χ2v) is 4.92. The summed E-state index contributed by atoms with van der Waals surface area (Å²) in [6.45, 7) is 11.7. The van der Waals surface area contributed by atoms with Crippen molar-refractivity contribution < 1.29 is 0 Å². The van der Waals surface area contributed by atoms with E-state index < -0.39 is 0 Å². The van der Waals surface area contributed by atoms with Gasteiger partial charge in [-0.25, -0.2) is 0 Å². The minimum absolute atomic E-state index is 0.873. The van der Waals surface area contributed by atoms with Crippen molar-refractivity contribution in [3.8, 4) is 0 Å². The lowest BCUT2D eigenvalue weighted by Gasteiger charge is -2.34. The van der Waals surface area contributed by atoms with Crippen LogP contribution in [0.4, 0.5) is 0 Å². The molecule has 2 nitrogen and oxygen atoms in total. The molecule has 2 aliphatic rings. The smallest absolute Gasteiger partial charge is 0.0235 e. The van der Waals surface area contributed by atoms with Crippen LogP contribution in [0.1, 0.15) is 40.0 Å². The highest BCUT2D eigenvalue weighted by molar-refractivity contribution is 4.84. The first-order chi connectivity index (χ1) is 7.25. The number of nitrogens with zero attached hydrogens (tertiary/aromatic N) is 2. The van der Waals surface area contributed by atoms with Gasteiger partial charge in [-0.05, 0) is 51.9 Å². The summed E-state index contributed by atoms with van der Waals surface area (Å²) in [6.07, 6.45) is 4.23. The molecule has 2 aliphatic heterocycles. The molecule has 0 radical (unpaired) electrons. The average molecular weight is 212 g/mol. The van der Waals surface area contributed by atoms with Gasteiger partial charge in [0.1, 0.15) is 0 Å². The SMILES string of the molecule is CC.CC1CCN(C2CCN(C)C2)CC1. The number of likely N-dealkylation sites (tertiary alicyclic amines) is 2. The zero-order chi connectivity index (χ0) is 11.3. The largest absolute Gasteiger partial charge is 0.305 e. The van der Waals surface area contributed by atoms with Crippen molar-refractivity contribution in [3.63, 3.8) is 0 Å². The van der Waals surface area contributed by atoms with Crippen molar-refractivity contribution in [2.24, 2.45) is 5.92 Å². The molecule has 0 aromatic heterocycles. The molecule has 0 aromatic rings. The fourth-order valence-corrected chi connectivity index (χ4v) is 2.60. The monoisotopic (exact) mass is 212 g/mol. The van der Waals surface area contributed by atoms with Crippen molar-refractivity contribution in [2.75, 3.05) is 33.2 Å². The molecule has 0 spiro atoms. The molecule has 15 heavy (non-hydrogen) atoms. The molecule has 2 fully saturated rings. The average Bonchev–Trinajstić information content (AvgIpc) is 2.69. The summed E-state index contributed by atoms with van der Waals surface area (Å²) in [5.41, 5.74) is 0. The number of hydrogen-bond acceptors (Lipinski definition) is 2. The third-order valence-electron chi connectivity index (χ3n) is 3.70. The lowest BCUT2D eigenvalue weighted by Crippen LogP contribution is -2.42. The molecule has 1 atom stereocenters. The van der Waals surface area contributed by atoms with Gasteiger partial charge in [0.05, 0.1) is 0 Å². The van der Waals surface area contributed by atoms with Crippen LogP contribution in [0.3, 0.4) is 0 Å². The maximum atomic E-state index is 2.71. The second kappa shape index (κ2) is 6.49. The minimum Gasteiger partial charge on any atom is -0.305 e. The zero-order valence-electron chi connectivity index (χ0n) is 11.0. The summed E-state index contributed by atoms with van der Waals surface area (Å²) in [4.78, 5) is 5.17. The molecule has 2 rings (SSSR count). The summed E-state index contributed by atoms with van der Waals surface area (Å²) < 4.78 is 0. The molecule has 2 saturated heterocycles. The van der Waals surface area contributed by atoms with Crippen LogP contribution in [0, 0.1) is 5.92 Å². The van der Waals surface area contributed by atoms with Crippen LogP contribution < -0.4 is 0 Å². The molecule has 90 valence electrons. The van der Waals surface area contributed by atoms with Crippen LogP contribution in [0.2, 0.25) is 0 Å². The molecular weight excluding hydrogens is 184 g/mol. The lowest BCUT2D eigenvalue weighted by atomic mass is 9.98. The Morgan fingerprint density at radius 2 is 1.53 bits per heavy atom. The highest BCUT2D eigenvalue weighted by Crippen LogP contribution is 2.22. The van der Waals surface area contributed by atoms with Crippen LogP contribution >= 0.6 is 0 Å². The minimum atomic E-state index is 0.873. The van der Waals surface area contributed by atoms with Gasteiger partial charge in [0, 0.05) is 12.6 Å². The van der Waals surface area contributed by atoms with Crippen molar-refractivity contribution in [2.45, 2.75) is 46.1 Å². The highest BCUT2D eigenvalue weighted by Gasteiger charge is 2.27. The Labute approximate surface area is 95.6 Å². The van der Waals surface area contributed by atoms with Gasteiger partial charge < -0.3 is 4.90 Å². The normalized spacial score (nSPS) is 30.0. The molecule has 0 aliphatic carbocycles. The summed E-state index contributed by atoms with van der Waals surface area (Å²) in [6, 6.07) is 0.873. The number of likely N-dealkylation sites (N-methyl/N-ethyl adjacent to an activating group) is 1. The van der Waals surface area contributed by atoms with Gasteiger partial charge in [-0.3, -0.25) is 4.90 Å². The van der Waals surface area contributed by atoms with Gasteiger partial charge in [0.15, 0.2) is 0 Å². The van der Waals surface area contributed by atoms with E-state index in [1.165, 1.54) is 45.4 Å².